The number of halogens is 3. The van der Waals surface area contributed by atoms with Crippen LogP contribution in [0.3, 0.4) is 0 Å². The Kier molecular flexibility index (Phi) is 5.27. The van der Waals surface area contributed by atoms with Gasteiger partial charge in [0.1, 0.15) is 0 Å². The van der Waals surface area contributed by atoms with Crippen LogP contribution in [-0.2, 0) is 13.0 Å². The lowest BCUT2D eigenvalue weighted by molar-refractivity contribution is -0.152. The van der Waals surface area contributed by atoms with Crippen LogP contribution in [0, 0.1) is 0 Å². The number of hydrogen-bond acceptors (Lipinski definition) is 2. The highest BCUT2D eigenvalue weighted by Crippen LogP contribution is 2.34. The molecular weight excluding hydrogens is 277 g/mol. The van der Waals surface area contributed by atoms with Crippen molar-refractivity contribution in [1.82, 2.24) is 10.2 Å². The summed E-state index contributed by atoms with van der Waals surface area (Å²) in [5, 5.41) is 3.28. The topological polar surface area (TPSA) is 15.3 Å². The molecule has 0 saturated carbocycles. The maximum atomic E-state index is 12.7. The van der Waals surface area contributed by atoms with Gasteiger partial charge in [-0.3, -0.25) is 4.90 Å². The Labute approximate surface area is 124 Å². The quantitative estimate of drug-likeness (QED) is 0.892. The second-order valence-electron chi connectivity index (χ2n) is 5.57. The average Bonchev–Trinajstić information content (AvgIpc) is 2.43. The van der Waals surface area contributed by atoms with E-state index in [0.29, 0.717) is 19.4 Å². The number of rotatable bonds is 5. The summed E-state index contributed by atoms with van der Waals surface area (Å²) in [5.74, 6) is 0. The van der Waals surface area contributed by atoms with Gasteiger partial charge < -0.3 is 5.32 Å². The SMILES string of the molecule is CCNCc1ccc2c(c1)CCN(CC(F)(F)F)C2CC. The van der Waals surface area contributed by atoms with Gasteiger partial charge in [-0.1, -0.05) is 32.0 Å². The second-order valence-corrected chi connectivity index (χ2v) is 5.57. The van der Waals surface area contributed by atoms with Crippen molar-refractivity contribution in [3.05, 3.63) is 34.9 Å². The Morgan fingerprint density at radius 3 is 2.67 bits per heavy atom. The standard InChI is InChI=1S/C16H23F3N2/c1-3-15-14-6-5-12(10-20-4-2)9-13(14)7-8-21(15)11-16(17,18)19/h5-6,9,15,20H,3-4,7-8,10-11H2,1-2H3. The van der Waals surface area contributed by atoms with Crippen LogP contribution in [0.2, 0.25) is 0 Å². The number of hydrogen-bond donors (Lipinski definition) is 1. The van der Waals surface area contributed by atoms with Gasteiger partial charge in [0.05, 0.1) is 6.54 Å². The molecular formula is C16H23F3N2. The normalized spacial score (nSPS) is 19.6. The van der Waals surface area contributed by atoms with Crippen LogP contribution >= 0.6 is 0 Å². The molecule has 1 atom stereocenters. The zero-order valence-corrected chi connectivity index (χ0v) is 12.6. The average molecular weight is 300 g/mol. The fourth-order valence-corrected chi connectivity index (χ4v) is 3.09. The number of nitrogens with zero attached hydrogens (tertiary/aromatic N) is 1. The van der Waals surface area contributed by atoms with Crippen LogP contribution < -0.4 is 5.32 Å². The van der Waals surface area contributed by atoms with Crippen LogP contribution in [0.1, 0.15) is 43.0 Å². The van der Waals surface area contributed by atoms with E-state index in [0.717, 1.165) is 18.7 Å². The summed E-state index contributed by atoms with van der Waals surface area (Å²) in [4.78, 5) is 1.56. The molecule has 1 N–H and O–H groups in total. The van der Waals surface area contributed by atoms with Crippen molar-refractivity contribution >= 4 is 0 Å². The molecule has 2 rings (SSSR count). The number of fused-ring (bicyclic) bond motifs is 1. The largest absolute Gasteiger partial charge is 0.401 e. The number of benzene rings is 1. The van der Waals surface area contributed by atoms with Gasteiger partial charge in [-0.15, -0.1) is 0 Å². The van der Waals surface area contributed by atoms with E-state index >= 15 is 0 Å². The van der Waals surface area contributed by atoms with Crippen molar-refractivity contribution < 1.29 is 13.2 Å². The minimum absolute atomic E-state index is 0.122. The van der Waals surface area contributed by atoms with Crippen LogP contribution in [0.4, 0.5) is 13.2 Å². The van der Waals surface area contributed by atoms with E-state index in [9.17, 15) is 13.2 Å². The number of nitrogens with one attached hydrogen (secondary N) is 1. The maximum Gasteiger partial charge on any atom is 0.401 e. The summed E-state index contributed by atoms with van der Waals surface area (Å²) in [5.41, 5.74) is 3.47. The molecule has 0 fully saturated rings. The molecule has 0 aromatic heterocycles. The predicted octanol–water partition coefficient (Wildman–Crippen LogP) is 3.67. The Balaban J connectivity index is 2.18. The molecule has 1 aliphatic heterocycles. The summed E-state index contributed by atoms with van der Waals surface area (Å²) < 4.78 is 38.0. The van der Waals surface area contributed by atoms with E-state index in [-0.39, 0.29) is 6.04 Å². The van der Waals surface area contributed by atoms with E-state index in [4.69, 9.17) is 0 Å². The molecule has 0 saturated heterocycles. The van der Waals surface area contributed by atoms with Crippen LogP contribution in [0.5, 0.6) is 0 Å². The van der Waals surface area contributed by atoms with Gasteiger partial charge in [0.25, 0.3) is 0 Å². The molecule has 118 valence electrons. The monoisotopic (exact) mass is 300 g/mol. The minimum atomic E-state index is -4.13. The van der Waals surface area contributed by atoms with E-state index < -0.39 is 12.7 Å². The van der Waals surface area contributed by atoms with Gasteiger partial charge in [-0.25, -0.2) is 0 Å². The van der Waals surface area contributed by atoms with E-state index in [1.807, 2.05) is 19.1 Å². The molecule has 2 nitrogen and oxygen atoms in total. The van der Waals surface area contributed by atoms with Gasteiger partial charge in [-0.05, 0) is 36.1 Å². The van der Waals surface area contributed by atoms with E-state index in [2.05, 4.69) is 18.3 Å². The van der Waals surface area contributed by atoms with Crippen molar-refractivity contribution in [2.24, 2.45) is 0 Å². The third-order valence-corrected chi connectivity index (χ3v) is 4.02. The van der Waals surface area contributed by atoms with Crippen LogP contribution in [0.15, 0.2) is 18.2 Å². The first-order valence-electron chi connectivity index (χ1n) is 7.57. The van der Waals surface area contributed by atoms with Crippen molar-refractivity contribution in [2.45, 2.75) is 45.5 Å². The molecule has 0 bridgehead atoms. The van der Waals surface area contributed by atoms with Gasteiger partial charge in [-0.2, -0.15) is 13.2 Å². The van der Waals surface area contributed by atoms with Gasteiger partial charge in [0.2, 0.25) is 0 Å². The van der Waals surface area contributed by atoms with Crippen molar-refractivity contribution in [3.8, 4) is 0 Å². The zero-order chi connectivity index (χ0) is 15.5. The molecule has 0 amide bonds. The van der Waals surface area contributed by atoms with E-state index in [1.54, 1.807) is 4.90 Å². The highest BCUT2D eigenvalue weighted by molar-refractivity contribution is 5.36. The molecule has 1 aromatic carbocycles. The summed E-state index contributed by atoms with van der Waals surface area (Å²) in [6, 6.07) is 6.06. The highest BCUT2D eigenvalue weighted by atomic mass is 19.4. The second kappa shape index (κ2) is 6.79. The Morgan fingerprint density at radius 2 is 2.05 bits per heavy atom. The lowest BCUT2D eigenvalue weighted by Crippen LogP contribution is -2.41. The van der Waals surface area contributed by atoms with Crippen LogP contribution in [0.25, 0.3) is 0 Å². The molecule has 0 radical (unpaired) electrons. The fraction of sp³-hybridized carbons (Fsp3) is 0.625. The van der Waals surface area contributed by atoms with Gasteiger partial charge in [0, 0.05) is 19.1 Å². The maximum absolute atomic E-state index is 12.7. The van der Waals surface area contributed by atoms with Crippen molar-refractivity contribution in [3.63, 3.8) is 0 Å². The molecule has 5 heteroatoms. The smallest absolute Gasteiger partial charge is 0.313 e. The minimum Gasteiger partial charge on any atom is -0.313 e. The Hall–Kier alpha value is -1.07. The summed E-state index contributed by atoms with van der Waals surface area (Å²) >= 11 is 0. The molecule has 1 unspecified atom stereocenters. The lowest BCUT2D eigenvalue weighted by Gasteiger charge is -2.37. The van der Waals surface area contributed by atoms with Crippen molar-refractivity contribution in [2.75, 3.05) is 19.6 Å². The zero-order valence-electron chi connectivity index (χ0n) is 12.6. The summed E-state index contributed by atoms with van der Waals surface area (Å²) in [6.45, 7) is 5.40. The van der Waals surface area contributed by atoms with Crippen LogP contribution in [-0.4, -0.2) is 30.7 Å². The number of alkyl halides is 3. The molecule has 1 aliphatic rings. The first kappa shape index (κ1) is 16.3. The van der Waals surface area contributed by atoms with Gasteiger partial charge in [0.15, 0.2) is 0 Å². The first-order valence-corrected chi connectivity index (χ1v) is 7.57. The summed E-state index contributed by atoms with van der Waals surface area (Å²) in [6.07, 6.45) is -2.73. The molecule has 0 aliphatic carbocycles. The molecule has 1 aromatic rings. The molecule has 0 spiro atoms. The highest BCUT2D eigenvalue weighted by Gasteiger charge is 2.36. The van der Waals surface area contributed by atoms with Crippen molar-refractivity contribution in [1.29, 1.82) is 0 Å². The molecule has 1 heterocycles. The van der Waals surface area contributed by atoms with Gasteiger partial charge >= 0.3 is 6.18 Å². The third kappa shape index (κ3) is 4.20. The Morgan fingerprint density at radius 1 is 1.29 bits per heavy atom. The van der Waals surface area contributed by atoms with E-state index in [1.165, 1.54) is 11.1 Å². The first-order chi connectivity index (χ1) is 9.94. The fourth-order valence-electron chi connectivity index (χ4n) is 3.09. The summed E-state index contributed by atoms with van der Waals surface area (Å²) in [7, 11) is 0. The lowest BCUT2D eigenvalue weighted by atomic mass is 9.89. The predicted molar refractivity (Wildman–Crippen MR) is 78.2 cm³/mol. The third-order valence-electron chi connectivity index (χ3n) is 4.02. The molecule has 21 heavy (non-hydrogen) atoms. The Bertz CT molecular complexity index is 471.